The Bertz CT molecular complexity index is 1200. The van der Waals surface area contributed by atoms with Gasteiger partial charge in [0.2, 0.25) is 5.88 Å². The average molecular weight is 415 g/mol. The number of nitriles is 1. The molecule has 0 spiro atoms. The number of fused-ring (bicyclic) bond motifs is 3. The summed E-state index contributed by atoms with van der Waals surface area (Å²) in [5, 5.41) is 11.2. The van der Waals surface area contributed by atoms with E-state index in [9.17, 15) is 10.1 Å². The molecule has 4 rings (SSSR count). The minimum absolute atomic E-state index is 0.382. The van der Waals surface area contributed by atoms with Crippen molar-refractivity contribution in [2.45, 2.75) is 44.4 Å². The number of aryl methyl sites for hydroxylation is 1. The van der Waals surface area contributed by atoms with E-state index in [-0.39, 0.29) is 5.97 Å². The van der Waals surface area contributed by atoms with Crippen molar-refractivity contribution in [3.8, 4) is 11.9 Å². The number of aromatic nitrogens is 1. The van der Waals surface area contributed by atoms with E-state index in [1.807, 2.05) is 31.2 Å². The number of rotatable bonds is 5. The fourth-order valence-corrected chi connectivity index (χ4v) is 4.55. The number of esters is 1. The third-order valence-electron chi connectivity index (χ3n) is 6.25. The summed E-state index contributed by atoms with van der Waals surface area (Å²) in [6.45, 7) is 1.93. The SMILES string of the molecule is COC(=O)c1cccc(CC(C)(C#N)c2ccc3c4c(c(OC)nc3c2)CCCC4)c1. The lowest BCUT2D eigenvalue weighted by atomic mass is 9.77. The Morgan fingerprint density at radius 1 is 1.13 bits per heavy atom. The number of ether oxygens (including phenoxy) is 2. The maximum atomic E-state index is 11.9. The average Bonchev–Trinajstić information content (AvgIpc) is 2.82. The van der Waals surface area contributed by atoms with Gasteiger partial charge in [0.1, 0.15) is 0 Å². The smallest absolute Gasteiger partial charge is 0.337 e. The van der Waals surface area contributed by atoms with E-state index >= 15 is 0 Å². The van der Waals surface area contributed by atoms with E-state index < -0.39 is 5.41 Å². The highest BCUT2D eigenvalue weighted by Crippen LogP contribution is 2.36. The highest BCUT2D eigenvalue weighted by Gasteiger charge is 2.29. The number of pyridine rings is 1. The Kier molecular flexibility index (Phi) is 5.65. The van der Waals surface area contributed by atoms with E-state index in [0.717, 1.165) is 41.3 Å². The Balaban J connectivity index is 1.75. The number of methoxy groups -OCH3 is 2. The second-order valence-electron chi connectivity index (χ2n) is 8.33. The summed E-state index contributed by atoms with van der Waals surface area (Å²) in [7, 11) is 3.03. The highest BCUT2D eigenvalue weighted by atomic mass is 16.5. The molecule has 0 radical (unpaired) electrons. The van der Waals surface area contributed by atoms with Crippen LogP contribution >= 0.6 is 0 Å². The third kappa shape index (κ3) is 3.86. The molecule has 1 aliphatic rings. The van der Waals surface area contributed by atoms with Crippen molar-refractivity contribution >= 4 is 16.9 Å². The maximum Gasteiger partial charge on any atom is 0.337 e. The molecule has 1 aliphatic carbocycles. The van der Waals surface area contributed by atoms with Gasteiger partial charge < -0.3 is 9.47 Å². The molecule has 5 heteroatoms. The molecule has 0 bridgehead atoms. The van der Waals surface area contributed by atoms with Gasteiger partial charge in [0.05, 0.1) is 36.8 Å². The van der Waals surface area contributed by atoms with E-state index in [4.69, 9.17) is 14.5 Å². The van der Waals surface area contributed by atoms with Gasteiger partial charge in [-0.15, -0.1) is 0 Å². The molecule has 31 heavy (non-hydrogen) atoms. The third-order valence-corrected chi connectivity index (χ3v) is 6.25. The molecule has 0 N–H and O–H groups in total. The number of benzene rings is 2. The van der Waals surface area contributed by atoms with Gasteiger partial charge in [-0.05, 0) is 73.9 Å². The van der Waals surface area contributed by atoms with Crippen molar-refractivity contribution in [3.05, 3.63) is 70.3 Å². The van der Waals surface area contributed by atoms with Crippen LogP contribution in [-0.4, -0.2) is 25.2 Å². The molecule has 0 aliphatic heterocycles. The first-order valence-corrected chi connectivity index (χ1v) is 10.6. The van der Waals surface area contributed by atoms with Gasteiger partial charge in [0, 0.05) is 10.9 Å². The van der Waals surface area contributed by atoms with Crippen LogP contribution in [0.25, 0.3) is 10.9 Å². The van der Waals surface area contributed by atoms with Crippen LogP contribution in [0.4, 0.5) is 0 Å². The lowest BCUT2D eigenvalue weighted by Crippen LogP contribution is -2.23. The first-order chi connectivity index (χ1) is 15.0. The molecular weight excluding hydrogens is 388 g/mol. The summed E-state index contributed by atoms with van der Waals surface area (Å²) < 4.78 is 10.4. The van der Waals surface area contributed by atoms with Gasteiger partial charge >= 0.3 is 5.97 Å². The summed E-state index contributed by atoms with van der Waals surface area (Å²) in [4.78, 5) is 16.7. The number of hydrogen-bond donors (Lipinski definition) is 0. The molecule has 158 valence electrons. The zero-order chi connectivity index (χ0) is 22.0. The fraction of sp³-hybridized carbons (Fsp3) is 0.346. The van der Waals surface area contributed by atoms with Crippen LogP contribution in [0.3, 0.4) is 0 Å². The number of carbonyl (C=O) groups is 1. The molecule has 1 unspecified atom stereocenters. The van der Waals surface area contributed by atoms with Gasteiger partial charge in [0.25, 0.3) is 0 Å². The minimum Gasteiger partial charge on any atom is -0.481 e. The predicted molar refractivity (Wildman–Crippen MR) is 119 cm³/mol. The second-order valence-corrected chi connectivity index (χ2v) is 8.33. The van der Waals surface area contributed by atoms with Crippen molar-refractivity contribution < 1.29 is 14.3 Å². The summed E-state index contributed by atoms with van der Waals surface area (Å²) in [6.07, 6.45) is 4.83. The van der Waals surface area contributed by atoms with Crippen molar-refractivity contribution in [1.82, 2.24) is 4.98 Å². The van der Waals surface area contributed by atoms with Crippen LogP contribution in [0.1, 0.15) is 52.4 Å². The lowest BCUT2D eigenvalue weighted by Gasteiger charge is -2.24. The van der Waals surface area contributed by atoms with Crippen molar-refractivity contribution in [2.75, 3.05) is 14.2 Å². The Labute approximate surface area is 182 Å². The maximum absolute atomic E-state index is 11.9. The summed E-state index contributed by atoms with van der Waals surface area (Å²) in [6, 6.07) is 15.9. The fourth-order valence-electron chi connectivity index (χ4n) is 4.55. The summed E-state index contributed by atoms with van der Waals surface area (Å²) in [5.41, 5.74) is 4.92. The van der Waals surface area contributed by atoms with E-state index in [1.165, 1.54) is 24.7 Å². The largest absolute Gasteiger partial charge is 0.481 e. The topological polar surface area (TPSA) is 72.2 Å². The quantitative estimate of drug-likeness (QED) is 0.554. The normalized spacial score (nSPS) is 14.9. The standard InChI is InChI=1S/C26H26N2O3/c1-26(16-27,15-17-7-6-8-18(13-17)25(29)31-3)19-11-12-21-20-9-4-5-10-22(20)24(30-2)28-23(21)14-19/h6-8,11-14H,4-5,9-10,15H2,1-3H3. The molecule has 5 nitrogen and oxygen atoms in total. The zero-order valence-corrected chi connectivity index (χ0v) is 18.2. The summed E-state index contributed by atoms with van der Waals surface area (Å²) in [5.74, 6) is 0.316. The minimum atomic E-state index is -0.770. The molecule has 1 heterocycles. The molecule has 0 fully saturated rings. The van der Waals surface area contributed by atoms with Gasteiger partial charge in [-0.2, -0.15) is 5.26 Å². The summed E-state index contributed by atoms with van der Waals surface area (Å²) >= 11 is 0. The van der Waals surface area contributed by atoms with Gasteiger partial charge in [-0.1, -0.05) is 24.3 Å². The molecular formula is C26H26N2O3. The number of carbonyl (C=O) groups excluding carboxylic acids is 1. The first kappa shape index (κ1) is 20.9. The van der Waals surface area contributed by atoms with Crippen molar-refractivity contribution in [3.63, 3.8) is 0 Å². The monoisotopic (exact) mass is 414 g/mol. The van der Waals surface area contributed by atoms with Gasteiger partial charge in [0.15, 0.2) is 0 Å². The van der Waals surface area contributed by atoms with Crippen LogP contribution in [0, 0.1) is 11.3 Å². The lowest BCUT2D eigenvalue weighted by molar-refractivity contribution is 0.0600. The van der Waals surface area contributed by atoms with Crippen LogP contribution in [0.5, 0.6) is 5.88 Å². The number of nitrogens with zero attached hydrogens (tertiary/aromatic N) is 2. The van der Waals surface area contributed by atoms with E-state index in [0.29, 0.717) is 17.9 Å². The second kappa shape index (κ2) is 8.39. The van der Waals surface area contributed by atoms with Gasteiger partial charge in [-0.3, -0.25) is 0 Å². The van der Waals surface area contributed by atoms with E-state index in [2.05, 4.69) is 12.1 Å². The Hall–Kier alpha value is -3.39. The van der Waals surface area contributed by atoms with Gasteiger partial charge in [-0.25, -0.2) is 9.78 Å². The van der Waals surface area contributed by atoms with Crippen molar-refractivity contribution in [2.24, 2.45) is 0 Å². The molecule has 0 saturated carbocycles. The molecule has 1 aromatic heterocycles. The van der Waals surface area contributed by atoms with Crippen LogP contribution in [-0.2, 0) is 29.4 Å². The van der Waals surface area contributed by atoms with E-state index in [1.54, 1.807) is 19.2 Å². The molecule has 1 atom stereocenters. The zero-order valence-electron chi connectivity index (χ0n) is 18.2. The van der Waals surface area contributed by atoms with Crippen LogP contribution in [0.2, 0.25) is 0 Å². The van der Waals surface area contributed by atoms with Crippen molar-refractivity contribution in [1.29, 1.82) is 5.26 Å². The Morgan fingerprint density at radius 2 is 1.90 bits per heavy atom. The Morgan fingerprint density at radius 3 is 2.61 bits per heavy atom. The molecule has 0 amide bonds. The van der Waals surface area contributed by atoms with Crippen LogP contribution < -0.4 is 4.74 Å². The molecule has 3 aromatic rings. The molecule has 0 saturated heterocycles. The first-order valence-electron chi connectivity index (χ1n) is 10.6. The predicted octanol–water partition coefficient (Wildman–Crippen LogP) is 4.93. The molecule has 2 aromatic carbocycles. The highest BCUT2D eigenvalue weighted by molar-refractivity contribution is 5.89. The number of hydrogen-bond acceptors (Lipinski definition) is 5. The van der Waals surface area contributed by atoms with Crippen LogP contribution in [0.15, 0.2) is 42.5 Å².